The van der Waals surface area contributed by atoms with Crippen molar-refractivity contribution in [1.82, 2.24) is 4.98 Å². The molecular formula is C21H23NO6. The summed E-state index contributed by atoms with van der Waals surface area (Å²) >= 11 is 0. The lowest BCUT2D eigenvalue weighted by Gasteiger charge is -2.16. The minimum atomic E-state index is -0.927. The third-order valence-corrected chi connectivity index (χ3v) is 4.49. The van der Waals surface area contributed by atoms with Gasteiger partial charge in [0.2, 0.25) is 5.75 Å². The molecule has 0 aliphatic carbocycles. The lowest BCUT2D eigenvalue weighted by Crippen LogP contribution is -2.02. The Hall–Kier alpha value is -3.35. The number of methoxy groups -OCH3 is 3. The van der Waals surface area contributed by atoms with E-state index in [1.54, 1.807) is 13.2 Å². The molecule has 1 heterocycles. The summed E-state index contributed by atoms with van der Waals surface area (Å²) < 4.78 is 22.0. The number of aromatic nitrogens is 1. The highest BCUT2D eigenvalue weighted by Gasteiger charge is 2.23. The number of hydrogen-bond donors (Lipinski definition) is 2. The van der Waals surface area contributed by atoms with Gasteiger partial charge < -0.3 is 29.0 Å². The number of carbonyl (C=O) groups is 1. The number of carboxylic acids is 1. The summed E-state index contributed by atoms with van der Waals surface area (Å²) in [6, 6.07) is 9.16. The highest BCUT2D eigenvalue weighted by atomic mass is 16.5. The van der Waals surface area contributed by atoms with Crippen molar-refractivity contribution in [3.63, 3.8) is 0 Å². The Morgan fingerprint density at radius 1 is 1.04 bits per heavy atom. The summed E-state index contributed by atoms with van der Waals surface area (Å²) in [5, 5.41) is 10.3. The Morgan fingerprint density at radius 2 is 1.79 bits per heavy atom. The zero-order valence-corrected chi connectivity index (χ0v) is 16.3. The first kappa shape index (κ1) is 19.4. The number of rotatable bonds is 8. The Balaban J connectivity index is 2.29. The van der Waals surface area contributed by atoms with Gasteiger partial charge in [-0.05, 0) is 42.8 Å². The van der Waals surface area contributed by atoms with Gasteiger partial charge in [-0.2, -0.15) is 0 Å². The maximum Gasteiger partial charge on any atom is 0.307 e. The number of aromatic amines is 1. The van der Waals surface area contributed by atoms with Gasteiger partial charge in [-0.15, -0.1) is 0 Å². The van der Waals surface area contributed by atoms with E-state index in [1.807, 2.05) is 31.2 Å². The molecule has 0 atom stereocenters. The third kappa shape index (κ3) is 3.43. The second kappa shape index (κ2) is 8.12. The van der Waals surface area contributed by atoms with E-state index >= 15 is 0 Å². The molecule has 148 valence electrons. The van der Waals surface area contributed by atoms with Gasteiger partial charge in [0, 0.05) is 16.5 Å². The van der Waals surface area contributed by atoms with Crippen LogP contribution in [0.5, 0.6) is 23.0 Å². The maximum absolute atomic E-state index is 11.6. The fourth-order valence-electron chi connectivity index (χ4n) is 3.35. The average molecular weight is 385 g/mol. The standard InChI is InChI=1S/C21H23NO6/c1-5-28-12-6-8-16-14(10-12)15(11-18(23)24)19(22-16)13-7-9-17(25-2)21(27-4)20(13)26-3/h6-10,22H,5,11H2,1-4H3,(H,23,24). The van der Waals surface area contributed by atoms with Gasteiger partial charge in [0.05, 0.1) is 40.1 Å². The molecule has 0 amide bonds. The summed E-state index contributed by atoms with van der Waals surface area (Å²) in [5.74, 6) is 1.19. The summed E-state index contributed by atoms with van der Waals surface area (Å²) in [6.45, 7) is 2.43. The molecule has 2 aromatic carbocycles. The van der Waals surface area contributed by atoms with Gasteiger partial charge in [0.25, 0.3) is 0 Å². The summed E-state index contributed by atoms with van der Waals surface area (Å²) in [5.41, 5.74) is 2.80. The van der Waals surface area contributed by atoms with E-state index in [4.69, 9.17) is 18.9 Å². The van der Waals surface area contributed by atoms with Crippen molar-refractivity contribution in [3.05, 3.63) is 35.9 Å². The molecule has 0 aliphatic rings. The number of aliphatic carboxylic acids is 1. The zero-order chi connectivity index (χ0) is 20.3. The van der Waals surface area contributed by atoms with Crippen LogP contribution in [0.15, 0.2) is 30.3 Å². The molecular weight excluding hydrogens is 362 g/mol. The van der Waals surface area contributed by atoms with Crippen LogP contribution in [-0.4, -0.2) is 44.0 Å². The van der Waals surface area contributed by atoms with Crippen LogP contribution in [0.4, 0.5) is 0 Å². The van der Waals surface area contributed by atoms with Gasteiger partial charge in [-0.3, -0.25) is 4.79 Å². The molecule has 3 rings (SSSR count). The molecule has 0 fully saturated rings. The molecule has 0 saturated heterocycles. The van der Waals surface area contributed by atoms with Crippen LogP contribution >= 0.6 is 0 Å². The molecule has 0 spiro atoms. The summed E-state index contributed by atoms with van der Waals surface area (Å²) in [4.78, 5) is 14.9. The second-order valence-electron chi connectivity index (χ2n) is 6.07. The first-order valence-corrected chi connectivity index (χ1v) is 8.82. The minimum Gasteiger partial charge on any atom is -0.494 e. The van der Waals surface area contributed by atoms with E-state index < -0.39 is 5.97 Å². The van der Waals surface area contributed by atoms with Gasteiger partial charge in [0.15, 0.2) is 11.5 Å². The van der Waals surface area contributed by atoms with Gasteiger partial charge in [0.1, 0.15) is 5.75 Å². The quantitative estimate of drug-likeness (QED) is 0.611. The average Bonchev–Trinajstić information content (AvgIpc) is 3.03. The molecule has 2 N–H and O–H groups in total. The van der Waals surface area contributed by atoms with Crippen molar-refractivity contribution in [2.45, 2.75) is 13.3 Å². The molecule has 0 bridgehead atoms. The highest BCUT2D eigenvalue weighted by molar-refractivity contribution is 5.96. The number of nitrogens with one attached hydrogen (secondary N) is 1. The first-order valence-electron chi connectivity index (χ1n) is 8.82. The summed E-state index contributed by atoms with van der Waals surface area (Å²) in [7, 11) is 4.61. The van der Waals surface area contributed by atoms with E-state index in [9.17, 15) is 9.90 Å². The predicted octanol–water partition coefficient (Wildman–Crippen LogP) is 3.89. The highest BCUT2D eigenvalue weighted by Crippen LogP contribution is 2.46. The molecule has 1 aromatic heterocycles. The normalized spacial score (nSPS) is 10.7. The Kier molecular flexibility index (Phi) is 5.63. The summed E-state index contributed by atoms with van der Waals surface area (Å²) in [6.07, 6.45) is -0.150. The molecule has 7 nitrogen and oxygen atoms in total. The molecule has 0 unspecified atom stereocenters. The van der Waals surface area contributed by atoms with Crippen molar-refractivity contribution in [2.24, 2.45) is 0 Å². The van der Waals surface area contributed by atoms with Crippen LogP contribution in [0.3, 0.4) is 0 Å². The molecule has 0 radical (unpaired) electrons. The Bertz CT molecular complexity index is 1010. The molecule has 0 aliphatic heterocycles. The fraction of sp³-hybridized carbons (Fsp3) is 0.286. The second-order valence-corrected chi connectivity index (χ2v) is 6.07. The van der Waals surface area contributed by atoms with Crippen LogP contribution < -0.4 is 18.9 Å². The lowest BCUT2D eigenvalue weighted by molar-refractivity contribution is -0.136. The van der Waals surface area contributed by atoms with Crippen LogP contribution in [0, 0.1) is 0 Å². The van der Waals surface area contributed by atoms with Crippen LogP contribution in [-0.2, 0) is 11.2 Å². The minimum absolute atomic E-state index is 0.150. The van der Waals surface area contributed by atoms with Crippen molar-refractivity contribution in [1.29, 1.82) is 0 Å². The van der Waals surface area contributed by atoms with Gasteiger partial charge >= 0.3 is 5.97 Å². The van der Waals surface area contributed by atoms with Crippen LogP contribution in [0.1, 0.15) is 12.5 Å². The number of ether oxygens (including phenoxy) is 4. The van der Waals surface area contributed by atoms with E-state index in [0.29, 0.717) is 46.4 Å². The monoisotopic (exact) mass is 385 g/mol. The van der Waals surface area contributed by atoms with Crippen molar-refractivity contribution >= 4 is 16.9 Å². The topological polar surface area (TPSA) is 90.0 Å². The number of benzene rings is 2. The maximum atomic E-state index is 11.6. The first-order chi connectivity index (χ1) is 13.5. The molecule has 28 heavy (non-hydrogen) atoms. The smallest absolute Gasteiger partial charge is 0.307 e. The largest absolute Gasteiger partial charge is 0.494 e. The SMILES string of the molecule is CCOc1ccc2[nH]c(-c3ccc(OC)c(OC)c3OC)c(CC(=O)O)c2c1. The third-order valence-electron chi connectivity index (χ3n) is 4.49. The molecule has 7 heteroatoms. The van der Waals surface area contributed by atoms with E-state index in [2.05, 4.69) is 4.98 Å². The van der Waals surface area contributed by atoms with Crippen LogP contribution in [0.2, 0.25) is 0 Å². The Labute approximate surface area is 162 Å². The van der Waals surface area contributed by atoms with Crippen molar-refractivity contribution in [2.75, 3.05) is 27.9 Å². The predicted molar refractivity (Wildman–Crippen MR) is 106 cm³/mol. The van der Waals surface area contributed by atoms with E-state index in [0.717, 1.165) is 10.9 Å². The Morgan fingerprint density at radius 3 is 2.39 bits per heavy atom. The van der Waals surface area contributed by atoms with Crippen molar-refractivity contribution in [3.8, 4) is 34.3 Å². The van der Waals surface area contributed by atoms with Gasteiger partial charge in [-0.25, -0.2) is 0 Å². The zero-order valence-electron chi connectivity index (χ0n) is 16.3. The lowest BCUT2D eigenvalue weighted by atomic mass is 10.0. The number of carboxylic acid groups (broad SMARTS) is 1. The number of fused-ring (bicyclic) bond motifs is 1. The van der Waals surface area contributed by atoms with Crippen LogP contribution in [0.25, 0.3) is 22.2 Å². The fourth-order valence-corrected chi connectivity index (χ4v) is 3.35. The molecule has 3 aromatic rings. The van der Waals surface area contributed by atoms with E-state index in [1.165, 1.54) is 14.2 Å². The number of H-pyrrole nitrogens is 1. The van der Waals surface area contributed by atoms with Gasteiger partial charge in [-0.1, -0.05) is 0 Å². The number of hydrogen-bond acceptors (Lipinski definition) is 5. The molecule has 0 saturated carbocycles. The van der Waals surface area contributed by atoms with E-state index in [-0.39, 0.29) is 6.42 Å². The van der Waals surface area contributed by atoms with Crippen molar-refractivity contribution < 1.29 is 28.8 Å².